The van der Waals surface area contributed by atoms with Crippen molar-refractivity contribution in [3.8, 4) is 0 Å². The summed E-state index contributed by atoms with van der Waals surface area (Å²) < 4.78 is 13.2. The molecule has 0 bridgehead atoms. The summed E-state index contributed by atoms with van der Waals surface area (Å²) in [6.07, 6.45) is 1.04. The number of nitrogens with zero attached hydrogens (tertiary/aromatic N) is 2. The van der Waals surface area contributed by atoms with E-state index in [0.29, 0.717) is 24.1 Å². The quantitative estimate of drug-likeness (QED) is 0.670. The number of hydrogen-bond donors (Lipinski definition) is 1. The van der Waals surface area contributed by atoms with Crippen LogP contribution >= 0.6 is 0 Å². The average molecular weight is 376 g/mol. The molecule has 28 heavy (non-hydrogen) atoms. The summed E-state index contributed by atoms with van der Waals surface area (Å²) in [7, 11) is 1.99. The summed E-state index contributed by atoms with van der Waals surface area (Å²) >= 11 is 0. The predicted molar refractivity (Wildman–Crippen MR) is 106 cm³/mol. The lowest BCUT2D eigenvalue weighted by Gasteiger charge is -2.22. The molecule has 0 spiro atoms. The average Bonchev–Trinajstić information content (AvgIpc) is 3.49. The van der Waals surface area contributed by atoms with Crippen LogP contribution in [0.1, 0.15) is 45.6 Å². The SMILES string of the molecule is CN(Cc1cccc(C(=O)O)n1)c1ccccc1C1CC1c1ccc(F)cc1. The third-order valence-electron chi connectivity index (χ3n) is 5.26. The summed E-state index contributed by atoms with van der Waals surface area (Å²) in [5.74, 6) is -0.423. The Labute approximate surface area is 163 Å². The number of hydrogen-bond acceptors (Lipinski definition) is 3. The van der Waals surface area contributed by atoms with Crippen LogP contribution in [0.4, 0.5) is 10.1 Å². The normalized spacial score (nSPS) is 17.9. The first-order valence-corrected chi connectivity index (χ1v) is 9.27. The van der Waals surface area contributed by atoms with E-state index in [2.05, 4.69) is 22.0 Å². The Bertz CT molecular complexity index is 1000. The molecule has 0 radical (unpaired) electrons. The summed E-state index contributed by atoms with van der Waals surface area (Å²) in [5.41, 5.74) is 4.30. The van der Waals surface area contributed by atoms with Crippen molar-refractivity contribution in [3.63, 3.8) is 0 Å². The molecule has 2 atom stereocenters. The molecule has 0 aliphatic heterocycles. The predicted octanol–water partition coefficient (Wildman–Crippen LogP) is 4.83. The molecule has 1 heterocycles. The number of halogens is 1. The van der Waals surface area contributed by atoms with Gasteiger partial charge in [0.05, 0.1) is 12.2 Å². The van der Waals surface area contributed by atoms with E-state index in [1.807, 2.05) is 37.4 Å². The van der Waals surface area contributed by atoms with E-state index in [9.17, 15) is 9.18 Å². The van der Waals surface area contributed by atoms with Gasteiger partial charge in [-0.2, -0.15) is 0 Å². The van der Waals surface area contributed by atoms with Gasteiger partial charge < -0.3 is 10.0 Å². The Morgan fingerprint density at radius 1 is 1.07 bits per heavy atom. The smallest absolute Gasteiger partial charge is 0.354 e. The third-order valence-corrected chi connectivity index (χ3v) is 5.26. The van der Waals surface area contributed by atoms with E-state index in [4.69, 9.17) is 5.11 Å². The molecule has 1 saturated carbocycles. The van der Waals surface area contributed by atoms with Crippen LogP contribution < -0.4 is 4.90 Å². The van der Waals surface area contributed by atoms with Crippen LogP contribution in [0.2, 0.25) is 0 Å². The van der Waals surface area contributed by atoms with E-state index in [1.165, 1.54) is 29.3 Å². The molecular formula is C23H21FN2O2. The Morgan fingerprint density at radius 3 is 2.57 bits per heavy atom. The van der Waals surface area contributed by atoms with E-state index in [-0.39, 0.29) is 11.5 Å². The zero-order valence-electron chi connectivity index (χ0n) is 15.5. The molecular weight excluding hydrogens is 355 g/mol. The minimum absolute atomic E-state index is 0.0535. The Balaban J connectivity index is 1.54. The molecule has 1 fully saturated rings. The van der Waals surface area contributed by atoms with Crippen LogP contribution in [0.3, 0.4) is 0 Å². The molecule has 4 nitrogen and oxygen atoms in total. The lowest BCUT2D eigenvalue weighted by atomic mass is 10.0. The highest BCUT2D eigenvalue weighted by molar-refractivity contribution is 5.85. The van der Waals surface area contributed by atoms with E-state index < -0.39 is 5.97 Å². The number of anilines is 1. The molecule has 3 aromatic rings. The van der Waals surface area contributed by atoms with Crippen LogP contribution in [-0.4, -0.2) is 23.1 Å². The Kier molecular flexibility index (Phi) is 4.82. The topological polar surface area (TPSA) is 53.4 Å². The standard InChI is InChI=1S/C23H21FN2O2/c1-26(14-17-5-4-7-21(25-17)23(27)28)22-8-3-2-6-18(22)20-13-19(20)15-9-11-16(24)12-10-15/h2-12,19-20H,13-14H2,1H3,(H,27,28). The van der Waals surface area contributed by atoms with Crippen LogP contribution in [-0.2, 0) is 6.54 Å². The van der Waals surface area contributed by atoms with Crippen molar-refractivity contribution in [3.05, 3.63) is 95.1 Å². The van der Waals surface area contributed by atoms with Gasteiger partial charge in [-0.1, -0.05) is 36.4 Å². The van der Waals surface area contributed by atoms with Gasteiger partial charge in [-0.15, -0.1) is 0 Å². The fourth-order valence-corrected chi connectivity index (χ4v) is 3.78. The highest BCUT2D eigenvalue weighted by atomic mass is 19.1. The summed E-state index contributed by atoms with van der Waals surface area (Å²) in [6, 6.07) is 20.1. The molecule has 0 amide bonds. The molecule has 1 aliphatic carbocycles. The molecule has 1 aromatic heterocycles. The fraction of sp³-hybridized carbons (Fsp3) is 0.217. The zero-order chi connectivity index (χ0) is 19.7. The van der Waals surface area contributed by atoms with Crippen molar-refractivity contribution < 1.29 is 14.3 Å². The number of pyridine rings is 1. The maximum atomic E-state index is 13.2. The van der Waals surface area contributed by atoms with Crippen molar-refractivity contribution in [2.24, 2.45) is 0 Å². The number of aromatic carboxylic acids is 1. The lowest BCUT2D eigenvalue weighted by molar-refractivity contribution is 0.0690. The van der Waals surface area contributed by atoms with Crippen LogP contribution in [0.25, 0.3) is 0 Å². The molecule has 5 heteroatoms. The van der Waals surface area contributed by atoms with Crippen LogP contribution in [0, 0.1) is 5.82 Å². The number of carbonyl (C=O) groups is 1. The van der Waals surface area contributed by atoms with Crippen molar-refractivity contribution in [1.82, 2.24) is 4.98 Å². The minimum Gasteiger partial charge on any atom is -0.477 e. The second kappa shape index (κ2) is 7.43. The minimum atomic E-state index is -1.02. The number of carboxylic acids is 1. The number of para-hydroxylation sites is 1. The molecule has 1 N–H and O–H groups in total. The monoisotopic (exact) mass is 376 g/mol. The van der Waals surface area contributed by atoms with Gasteiger partial charge in [0.2, 0.25) is 0 Å². The Morgan fingerprint density at radius 2 is 1.82 bits per heavy atom. The zero-order valence-corrected chi connectivity index (χ0v) is 15.5. The largest absolute Gasteiger partial charge is 0.477 e. The van der Waals surface area contributed by atoms with Gasteiger partial charge in [-0.05, 0) is 59.7 Å². The van der Waals surface area contributed by atoms with Crippen molar-refractivity contribution >= 4 is 11.7 Å². The van der Waals surface area contributed by atoms with Gasteiger partial charge in [0.15, 0.2) is 0 Å². The van der Waals surface area contributed by atoms with Crippen molar-refractivity contribution in [1.29, 1.82) is 0 Å². The lowest BCUT2D eigenvalue weighted by Crippen LogP contribution is -2.19. The van der Waals surface area contributed by atoms with Gasteiger partial charge in [-0.25, -0.2) is 14.2 Å². The summed E-state index contributed by atoms with van der Waals surface area (Å²) in [4.78, 5) is 17.5. The van der Waals surface area contributed by atoms with E-state index >= 15 is 0 Å². The second-order valence-electron chi connectivity index (χ2n) is 7.23. The van der Waals surface area contributed by atoms with Crippen molar-refractivity contribution in [2.45, 2.75) is 24.8 Å². The second-order valence-corrected chi connectivity index (χ2v) is 7.23. The number of carboxylic acid groups (broad SMARTS) is 1. The maximum absolute atomic E-state index is 13.2. The van der Waals surface area contributed by atoms with Gasteiger partial charge >= 0.3 is 5.97 Å². The van der Waals surface area contributed by atoms with E-state index in [0.717, 1.165) is 12.1 Å². The molecule has 4 rings (SSSR count). The highest BCUT2D eigenvalue weighted by Crippen LogP contribution is 2.56. The van der Waals surface area contributed by atoms with Gasteiger partial charge in [0, 0.05) is 12.7 Å². The number of benzene rings is 2. The fourth-order valence-electron chi connectivity index (χ4n) is 3.78. The molecule has 2 unspecified atom stereocenters. The first kappa shape index (κ1) is 18.2. The first-order valence-electron chi connectivity index (χ1n) is 9.27. The highest BCUT2D eigenvalue weighted by Gasteiger charge is 2.40. The van der Waals surface area contributed by atoms with Crippen LogP contribution in [0.15, 0.2) is 66.7 Å². The number of aromatic nitrogens is 1. The summed E-state index contributed by atoms with van der Waals surface area (Å²) in [6.45, 7) is 0.520. The van der Waals surface area contributed by atoms with Gasteiger partial charge in [0.25, 0.3) is 0 Å². The van der Waals surface area contributed by atoms with Crippen molar-refractivity contribution in [2.75, 3.05) is 11.9 Å². The van der Waals surface area contributed by atoms with Gasteiger partial charge in [-0.3, -0.25) is 0 Å². The molecule has 142 valence electrons. The molecule has 1 aliphatic rings. The summed E-state index contributed by atoms with van der Waals surface area (Å²) in [5, 5.41) is 9.14. The Hall–Kier alpha value is -3.21. The van der Waals surface area contributed by atoms with E-state index in [1.54, 1.807) is 6.07 Å². The first-order chi connectivity index (χ1) is 13.5. The molecule has 0 saturated heterocycles. The third kappa shape index (κ3) is 3.74. The van der Waals surface area contributed by atoms with Gasteiger partial charge in [0.1, 0.15) is 11.5 Å². The maximum Gasteiger partial charge on any atom is 0.354 e. The van der Waals surface area contributed by atoms with Crippen LogP contribution in [0.5, 0.6) is 0 Å². The molecule has 2 aromatic carbocycles. The number of rotatable bonds is 6.